The highest BCUT2D eigenvalue weighted by molar-refractivity contribution is 5.94. The zero-order valence-electron chi connectivity index (χ0n) is 17.0. The molecule has 30 heavy (non-hydrogen) atoms. The van der Waals surface area contributed by atoms with E-state index in [-0.39, 0.29) is 24.4 Å². The SMILES string of the molecule is COc1ccc2cc(C3CN(C(=O)c4ccc(CCN)cc4)CCO3)ccc2c1.Cl. The van der Waals surface area contributed by atoms with Gasteiger partial charge in [-0.3, -0.25) is 4.79 Å². The highest BCUT2D eigenvalue weighted by atomic mass is 35.5. The van der Waals surface area contributed by atoms with Crippen LogP contribution >= 0.6 is 12.4 Å². The van der Waals surface area contributed by atoms with Crippen molar-refractivity contribution in [3.05, 3.63) is 77.4 Å². The van der Waals surface area contributed by atoms with Crippen LogP contribution in [-0.4, -0.2) is 44.2 Å². The molecule has 6 heteroatoms. The van der Waals surface area contributed by atoms with Crippen molar-refractivity contribution in [3.63, 3.8) is 0 Å². The van der Waals surface area contributed by atoms with Crippen LogP contribution in [0.3, 0.4) is 0 Å². The van der Waals surface area contributed by atoms with Crippen LogP contribution in [0.5, 0.6) is 5.75 Å². The molecule has 0 radical (unpaired) electrons. The Hall–Kier alpha value is -2.60. The maximum absolute atomic E-state index is 13.0. The summed E-state index contributed by atoms with van der Waals surface area (Å²) in [5, 5.41) is 2.25. The molecule has 1 fully saturated rings. The molecule has 4 rings (SSSR count). The van der Waals surface area contributed by atoms with E-state index in [0.717, 1.165) is 34.1 Å². The average Bonchev–Trinajstić information content (AvgIpc) is 2.78. The van der Waals surface area contributed by atoms with Gasteiger partial charge in [-0.25, -0.2) is 0 Å². The van der Waals surface area contributed by atoms with Gasteiger partial charge in [-0.15, -0.1) is 12.4 Å². The second kappa shape index (κ2) is 9.94. The molecule has 1 aliphatic heterocycles. The lowest BCUT2D eigenvalue weighted by Gasteiger charge is -2.33. The number of ether oxygens (including phenoxy) is 2. The number of hydrogen-bond acceptors (Lipinski definition) is 4. The number of hydrogen-bond donors (Lipinski definition) is 1. The number of nitrogens with two attached hydrogens (primary N) is 1. The van der Waals surface area contributed by atoms with E-state index in [2.05, 4.69) is 18.2 Å². The van der Waals surface area contributed by atoms with Crippen LogP contribution in [0, 0.1) is 0 Å². The number of benzene rings is 3. The molecule has 1 amide bonds. The first-order chi connectivity index (χ1) is 14.2. The number of fused-ring (bicyclic) bond motifs is 1. The Bertz CT molecular complexity index is 1010. The quantitative estimate of drug-likeness (QED) is 0.670. The fraction of sp³-hybridized carbons (Fsp3) is 0.292. The number of halogens is 1. The minimum absolute atomic E-state index is 0. The first-order valence-electron chi connectivity index (χ1n) is 9.95. The van der Waals surface area contributed by atoms with E-state index in [4.69, 9.17) is 15.2 Å². The largest absolute Gasteiger partial charge is 0.497 e. The third kappa shape index (κ3) is 4.75. The van der Waals surface area contributed by atoms with Gasteiger partial charge < -0.3 is 20.1 Å². The summed E-state index contributed by atoms with van der Waals surface area (Å²) in [6.45, 7) is 2.29. The lowest BCUT2D eigenvalue weighted by molar-refractivity contribution is -0.0227. The monoisotopic (exact) mass is 426 g/mol. The Morgan fingerprint density at radius 3 is 2.57 bits per heavy atom. The third-order valence-corrected chi connectivity index (χ3v) is 5.43. The van der Waals surface area contributed by atoms with Gasteiger partial charge in [0.05, 0.1) is 20.3 Å². The van der Waals surface area contributed by atoms with Crippen molar-refractivity contribution in [1.82, 2.24) is 4.90 Å². The second-order valence-electron chi connectivity index (χ2n) is 7.32. The van der Waals surface area contributed by atoms with Gasteiger partial charge in [-0.05, 0) is 65.2 Å². The fourth-order valence-corrected chi connectivity index (χ4v) is 3.77. The highest BCUT2D eigenvalue weighted by Crippen LogP contribution is 2.28. The van der Waals surface area contributed by atoms with Crippen LogP contribution in [0.15, 0.2) is 60.7 Å². The molecule has 3 aromatic carbocycles. The normalized spacial score (nSPS) is 16.2. The Morgan fingerprint density at radius 2 is 1.83 bits per heavy atom. The van der Waals surface area contributed by atoms with Crippen molar-refractivity contribution in [2.45, 2.75) is 12.5 Å². The number of carbonyl (C=O) groups excluding carboxylic acids is 1. The molecule has 0 saturated carbocycles. The molecule has 0 spiro atoms. The molecular weight excluding hydrogens is 400 g/mol. The van der Waals surface area contributed by atoms with Gasteiger partial charge in [-0.2, -0.15) is 0 Å². The van der Waals surface area contributed by atoms with Crippen molar-refractivity contribution in [1.29, 1.82) is 0 Å². The van der Waals surface area contributed by atoms with E-state index in [1.54, 1.807) is 7.11 Å². The zero-order chi connectivity index (χ0) is 20.2. The van der Waals surface area contributed by atoms with Crippen LogP contribution < -0.4 is 10.5 Å². The van der Waals surface area contributed by atoms with Gasteiger partial charge in [0.1, 0.15) is 11.9 Å². The summed E-state index contributed by atoms with van der Waals surface area (Å²) in [7, 11) is 1.67. The molecule has 0 aromatic heterocycles. The van der Waals surface area contributed by atoms with E-state index in [0.29, 0.717) is 31.8 Å². The number of methoxy groups -OCH3 is 1. The summed E-state index contributed by atoms with van der Waals surface area (Å²) < 4.78 is 11.3. The lowest BCUT2D eigenvalue weighted by Crippen LogP contribution is -2.42. The van der Waals surface area contributed by atoms with Crippen LogP contribution in [0.1, 0.15) is 27.6 Å². The molecule has 1 heterocycles. The number of rotatable bonds is 5. The van der Waals surface area contributed by atoms with Gasteiger partial charge in [0.15, 0.2) is 0 Å². The van der Waals surface area contributed by atoms with E-state index in [1.165, 1.54) is 0 Å². The van der Waals surface area contributed by atoms with Gasteiger partial charge in [-0.1, -0.05) is 30.3 Å². The lowest BCUT2D eigenvalue weighted by atomic mass is 10.0. The summed E-state index contributed by atoms with van der Waals surface area (Å²) in [6.07, 6.45) is 0.692. The zero-order valence-corrected chi connectivity index (χ0v) is 17.9. The van der Waals surface area contributed by atoms with Crippen LogP contribution in [0.2, 0.25) is 0 Å². The number of nitrogens with zero attached hydrogens (tertiary/aromatic N) is 1. The van der Waals surface area contributed by atoms with Crippen molar-refractivity contribution in [2.75, 3.05) is 33.4 Å². The molecule has 5 nitrogen and oxygen atoms in total. The van der Waals surface area contributed by atoms with Crippen LogP contribution in [-0.2, 0) is 11.2 Å². The minimum atomic E-state index is -0.129. The number of amides is 1. The second-order valence-corrected chi connectivity index (χ2v) is 7.32. The molecule has 0 aliphatic carbocycles. The average molecular weight is 427 g/mol. The molecule has 3 aromatic rings. The predicted molar refractivity (Wildman–Crippen MR) is 122 cm³/mol. The standard InChI is InChI=1S/C24H26N2O3.ClH/c1-28-22-9-8-19-14-21(7-6-20(19)15-22)23-16-26(12-13-29-23)24(27)18-4-2-17(3-5-18)10-11-25;/h2-9,14-15,23H,10-13,16,25H2,1H3;1H. The number of carbonyl (C=O) groups is 1. The first-order valence-corrected chi connectivity index (χ1v) is 9.95. The van der Waals surface area contributed by atoms with Crippen molar-refractivity contribution in [2.24, 2.45) is 5.73 Å². The molecule has 1 unspecified atom stereocenters. The summed E-state index contributed by atoms with van der Waals surface area (Å²) in [6, 6.07) is 20.0. The van der Waals surface area contributed by atoms with Gasteiger partial charge in [0, 0.05) is 12.1 Å². The van der Waals surface area contributed by atoms with E-state index in [1.807, 2.05) is 47.4 Å². The summed E-state index contributed by atoms with van der Waals surface area (Å²) in [5.41, 5.74) is 8.54. The minimum Gasteiger partial charge on any atom is -0.497 e. The Labute approximate surface area is 183 Å². The molecule has 1 aliphatic rings. The molecule has 1 saturated heterocycles. The van der Waals surface area contributed by atoms with Crippen molar-refractivity contribution in [3.8, 4) is 5.75 Å². The first kappa shape index (κ1) is 22.1. The third-order valence-electron chi connectivity index (χ3n) is 5.43. The molecule has 2 N–H and O–H groups in total. The van der Waals surface area contributed by atoms with E-state index < -0.39 is 0 Å². The van der Waals surface area contributed by atoms with Crippen LogP contribution in [0.4, 0.5) is 0 Å². The number of morpholine rings is 1. The summed E-state index contributed by atoms with van der Waals surface area (Å²) in [5.74, 6) is 0.886. The summed E-state index contributed by atoms with van der Waals surface area (Å²) in [4.78, 5) is 14.8. The van der Waals surface area contributed by atoms with Crippen molar-refractivity contribution < 1.29 is 14.3 Å². The maximum atomic E-state index is 13.0. The van der Waals surface area contributed by atoms with E-state index >= 15 is 0 Å². The Morgan fingerprint density at radius 1 is 1.10 bits per heavy atom. The van der Waals surface area contributed by atoms with Gasteiger partial charge >= 0.3 is 0 Å². The Kier molecular flexibility index (Phi) is 7.32. The fourth-order valence-electron chi connectivity index (χ4n) is 3.77. The maximum Gasteiger partial charge on any atom is 0.254 e. The molecule has 1 atom stereocenters. The van der Waals surface area contributed by atoms with Crippen LogP contribution in [0.25, 0.3) is 10.8 Å². The van der Waals surface area contributed by atoms with Gasteiger partial charge in [0.2, 0.25) is 0 Å². The van der Waals surface area contributed by atoms with Gasteiger partial charge in [0.25, 0.3) is 5.91 Å². The van der Waals surface area contributed by atoms with E-state index in [9.17, 15) is 4.79 Å². The molecule has 0 bridgehead atoms. The summed E-state index contributed by atoms with van der Waals surface area (Å²) >= 11 is 0. The molecule has 158 valence electrons. The predicted octanol–water partition coefficient (Wildman–Crippen LogP) is 3.99. The smallest absolute Gasteiger partial charge is 0.254 e. The topological polar surface area (TPSA) is 64.8 Å². The Balaban J connectivity index is 0.00000256. The molecular formula is C24H27ClN2O3. The highest BCUT2D eigenvalue weighted by Gasteiger charge is 2.26. The van der Waals surface area contributed by atoms with Crippen molar-refractivity contribution >= 4 is 29.1 Å².